The van der Waals surface area contributed by atoms with Crippen molar-refractivity contribution in [2.75, 3.05) is 26.0 Å². The number of amides is 1. The van der Waals surface area contributed by atoms with Gasteiger partial charge in [-0.2, -0.15) is 0 Å². The summed E-state index contributed by atoms with van der Waals surface area (Å²) in [4.78, 5) is 24.6. The number of esters is 1. The van der Waals surface area contributed by atoms with Gasteiger partial charge < -0.3 is 10.1 Å². The molecule has 7 nitrogen and oxygen atoms in total. The van der Waals surface area contributed by atoms with Crippen LogP contribution >= 0.6 is 11.6 Å². The molecule has 2 aromatic rings. The van der Waals surface area contributed by atoms with Crippen LogP contribution in [0.5, 0.6) is 0 Å². The molecule has 30 heavy (non-hydrogen) atoms. The zero-order valence-corrected chi connectivity index (χ0v) is 18.9. The minimum Gasteiger partial charge on any atom is -0.452 e. The Balaban J connectivity index is 2.11. The molecule has 162 valence electrons. The first-order valence-electron chi connectivity index (χ1n) is 9.35. The van der Waals surface area contributed by atoms with Crippen LogP contribution in [0, 0.1) is 0 Å². The molecule has 0 saturated carbocycles. The second-order valence-electron chi connectivity index (χ2n) is 6.95. The lowest BCUT2D eigenvalue weighted by atomic mass is 9.97. The number of nitrogens with zero attached hydrogens (tertiary/aromatic N) is 1. The summed E-state index contributed by atoms with van der Waals surface area (Å²) in [5.74, 6) is -1.14. The van der Waals surface area contributed by atoms with Crippen LogP contribution in [0.4, 0.5) is 5.69 Å². The van der Waals surface area contributed by atoms with Crippen LogP contribution in [0.15, 0.2) is 47.4 Å². The van der Waals surface area contributed by atoms with Gasteiger partial charge in [0.2, 0.25) is 10.0 Å². The number of halogens is 1. The Bertz CT molecular complexity index is 1040. The van der Waals surface area contributed by atoms with Crippen molar-refractivity contribution in [3.8, 4) is 0 Å². The fourth-order valence-electron chi connectivity index (χ4n) is 2.69. The third-order valence-electron chi connectivity index (χ3n) is 4.65. The second kappa shape index (κ2) is 10.1. The topological polar surface area (TPSA) is 92.8 Å². The minimum absolute atomic E-state index is 0.0280. The number of hydrogen-bond acceptors (Lipinski definition) is 5. The molecule has 0 bridgehead atoms. The molecule has 1 amide bonds. The van der Waals surface area contributed by atoms with Gasteiger partial charge in [-0.25, -0.2) is 17.5 Å². The highest BCUT2D eigenvalue weighted by Crippen LogP contribution is 2.26. The van der Waals surface area contributed by atoms with Gasteiger partial charge in [-0.1, -0.05) is 43.6 Å². The molecule has 0 radical (unpaired) electrons. The summed E-state index contributed by atoms with van der Waals surface area (Å²) in [7, 11) is -0.993. The maximum atomic E-state index is 12.4. The summed E-state index contributed by atoms with van der Waals surface area (Å²) >= 11 is 6.03. The Kier molecular flexibility index (Phi) is 8.00. The quantitative estimate of drug-likeness (QED) is 0.613. The van der Waals surface area contributed by atoms with Crippen LogP contribution in [0.25, 0.3) is 0 Å². The molecule has 0 unspecified atom stereocenters. The van der Waals surface area contributed by atoms with E-state index in [0.717, 1.165) is 22.4 Å². The Labute approximate surface area is 182 Å². The third kappa shape index (κ3) is 5.59. The van der Waals surface area contributed by atoms with E-state index in [4.69, 9.17) is 16.3 Å². The summed E-state index contributed by atoms with van der Waals surface area (Å²) in [5, 5.41) is 2.77. The summed E-state index contributed by atoms with van der Waals surface area (Å²) in [6.45, 7) is 3.58. The first kappa shape index (κ1) is 23.9. The molecule has 0 spiro atoms. The number of ether oxygens (including phenoxy) is 1. The van der Waals surface area contributed by atoms with Crippen LogP contribution in [0.2, 0.25) is 5.02 Å². The fraction of sp³-hybridized carbons (Fsp3) is 0.333. The Morgan fingerprint density at radius 2 is 1.83 bits per heavy atom. The van der Waals surface area contributed by atoms with Crippen LogP contribution in [-0.4, -0.2) is 45.3 Å². The Morgan fingerprint density at radius 3 is 2.47 bits per heavy atom. The molecule has 2 aromatic carbocycles. The zero-order valence-electron chi connectivity index (χ0n) is 17.3. The van der Waals surface area contributed by atoms with Crippen molar-refractivity contribution >= 4 is 39.2 Å². The highest BCUT2D eigenvalue weighted by molar-refractivity contribution is 7.89. The van der Waals surface area contributed by atoms with Crippen molar-refractivity contribution in [1.82, 2.24) is 4.31 Å². The van der Waals surface area contributed by atoms with Gasteiger partial charge in [0.15, 0.2) is 6.61 Å². The maximum Gasteiger partial charge on any atom is 0.340 e. The van der Waals surface area contributed by atoms with Crippen LogP contribution in [0.1, 0.15) is 42.1 Å². The monoisotopic (exact) mass is 452 g/mol. The number of carbonyl (C=O) groups excluding carboxylic acids is 2. The molecule has 0 aromatic heterocycles. The van der Waals surface area contributed by atoms with Crippen LogP contribution in [-0.2, 0) is 19.6 Å². The van der Waals surface area contributed by atoms with E-state index in [1.807, 2.05) is 18.2 Å². The zero-order chi connectivity index (χ0) is 22.5. The predicted octanol–water partition coefficient (Wildman–Crippen LogP) is 3.90. The summed E-state index contributed by atoms with van der Waals surface area (Å²) in [6, 6.07) is 11.2. The molecule has 1 atom stereocenters. The number of sulfonamides is 1. The van der Waals surface area contributed by atoms with Gasteiger partial charge in [-0.15, -0.1) is 0 Å². The van der Waals surface area contributed by atoms with E-state index >= 15 is 0 Å². The number of hydrogen-bond donors (Lipinski definition) is 1. The Morgan fingerprint density at radius 1 is 1.17 bits per heavy atom. The van der Waals surface area contributed by atoms with Gasteiger partial charge in [0.05, 0.1) is 15.5 Å². The molecule has 9 heteroatoms. The van der Waals surface area contributed by atoms with Gasteiger partial charge in [-0.05, 0) is 42.2 Å². The van der Waals surface area contributed by atoms with E-state index in [-0.39, 0.29) is 21.4 Å². The van der Waals surface area contributed by atoms with E-state index in [9.17, 15) is 18.0 Å². The first-order chi connectivity index (χ1) is 14.1. The number of benzene rings is 2. The van der Waals surface area contributed by atoms with E-state index in [1.165, 1.54) is 26.2 Å². The van der Waals surface area contributed by atoms with Crippen molar-refractivity contribution < 1.29 is 22.7 Å². The highest BCUT2D eigenvalue weighted by Gasteiger charge is 2.22. The largest absolute Gasteiger partial charge is 0.452 e. The number of rotatable bonds is 8. The number of nitrogens with one attached hydrogen (secondary N) is 1. The normalized spacial score (nSPS) is 12.5. The molecule has 0 aliphatic carbocycles. The van der Waals surface area contributed by atoms with E-state index in [2.05, 4.69) is 19.2 Å². The van der Waals surface area contributed by atoms with E-state index < -0.39 is 28.5 Å². The molecule has 0 saturated heterocycles. The van der Waals surface area contributed by atoms with Gasteiger partial charge >= 0.3 is 5.97 Å². The van der Waals surface area contributed by atoms with E-state index in [0.29, 0.717) is 5.69 Å². The smallest absolute Gasteiger partial charge is 0.340 e. The molecule has 0 aliphatic rings. The van der Waals surface area contributed by atoms with Crippen molar-refractivity contribution in [2.45, 2.75) is 31.1 Å². The fourth-order valence-corrected chi connectivity index (χ4v) is 3.81. The van der Waals surface area contributed by atoms with Gasteiger partial charge in [-0.3, -0.25) is 4.79 Å². The van der Waals surface area contributed by atoms with Crippen molar-refractivity contribution in [1.29, 1.82) is 0 Å². The molecular weight excluding hydrogens is 428 g/mol. The number of anilines is 1. The summed E-state index contributed by atoms with van der Waals surface area (Å²) in [6.07, 6.45) is 0.909. The third-order valence-corrected chi connectivity index (χ3v) is 6.79. The minimum atomic E-state index is -3.75. The molecule has 0 aliphatic heterocycles. The van der Waals surface area contributed by atoms with Crippen LogP contribution in [0.3, 0.4) is 0 Å². The number of para-hydroxylation sites is 1. The van der Waals surface area contributed by atoms with Crippen molar-refractivity contribution in [2.24, 2.45) is 0 Å². The standard InChI is InChI=1S/C21H25ClN2O5S/c1-5-14(2)16-8-6-7-9-19(16)23-20(25)13-29-21(26)17-12-15(10-11-18(17)22)30(27,28)24(3)4/h6-12,14H,5,13H2,1-4H3,(H,23,25)/t14-/m1/s1. The lowest BCUT2D eigenvalue weighted by molar-refractivity contribution is -0.119. The Hall–Kier alpha value is -2.42. The average molecular weight is 453 g/mol. The molecular formula is C21H25ClN2O5S. The molecule has 1 N–H and O–H groups in total. The predicted molar refractivity (Wildman–Crippen MR) is 116 cm³/mol. The summed E-state index contributed by atoms with van der Waals surface area (Å²) in [5.41, 5.74) is 1.52. The van der Waals surface area contributed by atoms with Gasteiger partial charge in [0, 0.05) is 19.8 Å². The molecule has 2 rings (SSSR count). The van der Waals surface area contributed by atoms with Gasteiger partial charge in [0.1, 0.15) is 0 Å². The lowest BCUT2D eigenvalue weighted by Gasteiger charge is -2.16. The van der Waals surface area contributed by atoms with E-state index in [1.54, 1.807) is 6.07 Å². The lowest BCUT2D eigenvalue weighted by Crippen LogP contribution is -2.23. The second-order valence-corrected chi connectivity index (χ2v) is 9.51. The SMILES string of the molecule is CC[C@@H](C)c1ccccc1NC(=O)COC(=O)c1cc(S(=O)(=O)N(C)C)ccc1Cl. The highest BCUT2D eigenvalue weighted by atomic mass is 35.5. The maximum absolute atomic E-state index is 12.4. The van der Waals surface area contributed by atoms with Gasteiger partial charge in [0.25, 0.3) is 5.91 Å². The van der Waals surface area contributed by atoms with Crippen molar-refractivity contribution in [3.05, 3.63) is 58.6 Å². The average Bonchev–Trinajstić information content (AvgIpc) is 2.71. The van der Waals surface area contributed by atoms with Crippen molar-refractivity contribution in [3.63, 3.8) is 0 Å². The summed E-state index contributed by atoms with van der Waals surface area (Å²) < 4.78 is 30.6. The first-order valence-corrected chi connectivity index (χ1v) is 11.2. The number of carbonyl (C=O) groups is 2. The molecule has 0 fully saturated rings. The van der Waals surface area contributed by atoms with Crippen LogP contribution < -0.4 is 5.32 Å². The molecule has 0 heterocycles.